The molecule has 1 aliphatic rings. The Morgan fingerprint density at radius 3 is 2.91 bits per heavy atom. The van der Waals surface area contributed by atoms with Gasteiger partial charge in [-0.2, -0.15) is 0 Å². The topological polar surface area (TPSA) is 79.3 Å². The van der Waals surface area contributed by atoms with Gasteiger partial charge in [-0.3, -0.25) is 0 Å². The van der Waals surface area contributed by atoms with Crippen LogP contribution >= 0.6 is 11.6 Å². The summed E-state index contributed by atoms with van der Waals surface area (Å²) in [4.78, 5) is 4.32. The molecule has 0 saturated heterocycles. The molecule has 2 aromatic rings. The molecule has 3 rings (SSSR count). The average molecular weight is 341 g/mol. The van der Waals surface area contributed by atoms with Crippen LogP contribution in [0.25, 0.3) is 10.8 Å². The highest BCUT2D eigenvalue weighted by molar-refractivity contribution is 7.89. The van der Waals surface area contributed by atoms with Crippen LogP contribution in [0.5, 0.6) is 0 Å². The van der Waals surface area contributed by atoms with Crippen LogP contribution in [0, 0.1) is 0 Å². The molecule has 1 aromatic carbocycles. The summed E-state index contributed by atoms with van der Waals surface area (Å²) in [5, 5.41) is 11.0. The largest absolute Gasteiger partial charge is 0.392 e. The van der Waals surface area contributed by atoms with Crippen LogP contribution in [-0.4, -0.2) is 31.2 Å². The third-order valence-electron chi connectivity index (χ3n) is 3.85. The fraction of sp³-hybridized carbons (Fsp3) is 0.400. The number of rotatable bonds is 4. The predicted octanol–water partition coefficient (Wildman–Crippen LogP) is 2.04. The van der Waals surface area contributed by atoms with Crippen molar-refractivity contribution in [3.63, 3.8) is 0 Å². The molecule has 0 aliphatic heterocycles. The van der Waals surface area contributed by atoms with Crippen LogP contribution in [0.1, 0.15) is 24.5 Å². The number of aromatic nitrogens is 1. The van der Waals surface area contributed by atoms with E-state index in [9.17, 15) is 13.5 Å². The van der Waals surface area contributed by atoms with Crippen LogP contribution in [0.2, 0.25) is 5.15 Å². The molecule has 5 nitrogen and oxygen atoms in total. The number of fused-ring (bicyclic) bond motifs is 2. The Labute approximate surface area is 134 Å². The van der Waals surface area contributed by atoms with Gasteiger partial charge in [0.15, 0.2) is 0 Å². The number of aliphatic hydroxyl groups excluding tert-OH is 1. The number of benzene rings is 1. The van der Waals surface area contributed by atoms with E-state index in [1.807, 2.05) is 6.07 Å². The monoisotopic (exact) mass is 340 g/mol. The molecule has 0 saturated carbocycles. The third-order valence-corrected chi connectivity index (χ3v) is 5.61. The minimum absolute atomic E-state index is 0.0215. The van der Waals surface area contributed by atoms with Crippen molar-refractivity contribution in [2.75, 3.05) is 6.54 Å². The summed E-state index contributed by atoms with van der Waals surface area (Å²) in [6.07, 6.45) is 3.39. The number of hydrogen-bond acceptors (Lipinski definition) is 4. The molecule has 2 N–H and O–H groups in total. The fourth-order valence-corrected chi connectivity index (χ4v) is 4.68. The van der Waals surface area contributed by atoms with Crippen molar-refractivity contribution in [1.29, 1.82) is 0 Å². The van der Waals surface area contributed by atoms with Crippen molar-refractivity contribution < 1.29 is 13.5 Å². The standard InChI is InChI=1S/C15H17ClN2O3S/c1-9(19)7-18-22(20,21)15-12-4-2-3-10(12)5-11-8-17-14(16)6-13(11)15/h5-6,8-9,18-19H,2-4,7H2,1H3. The quantitative estimate of drug-likeness (QED) is 0.835. The number of aryl methyl sites for hydroxylation is 1. The second-order valence-corrected chi connectivity index (χ2v) is 7.72. The van der Waals surface area contributed by atoms with E-state index < -0.39 is 16.1 Å². The maximum absolute atomic E-state index is 12.7. The molecular formula is C15H17ClN2O3S. The molecule has 0 fully saturated rings. The van der Waals surface area contributed by atoms with Crippen molar-refractivity contribution in [2.24, 2.45) is 0 Å². The zero-order chi connectivity index (χ0) is 15.9. The Bertz CT molecular complexity index is 834. The minimum atomic E-state index is -3.72. The van der Waals surface area contributed by atoms with E-state index >= 15 is 0 Å². The van der Waals surface area contributed by atoms with E-state index in [1.54, 1.807) is 12.3 Å². The number of aliphatic hydroxyl groups is 1. The Hall–Kier alpha value is -1.21. The SMILES string of the molecule is CC(O)CNS(=O)(=O)c1c2c(cc3cnc(Cl)cc13)CCC2. The van der Waals surface area contributed by atoms with Gasteiger partial charge in [0.25, 0.3) is 0 Å². The molecule has 1 atom stereocenters. The first-order chi connectivity index (χ1) is 10.4. The highest BCUT2D eigenvalue weighted by Gasteiger charge is 2.27. The summed E-state index contributed by atoms with van der Waals surface area (Å²) in [5.74, 6) is 0. The van der Waals surface area contributed by atoms with Gasteiger partial charge in [0.2, 0.25) is 10.0 Å². The van der Waals surface area contributed by atoms with E-state index in [-0.39, 0.29) is 16.6 Å². The van der Waals surface area contributed by atoms with Crippen LogP contribution in [0.15, 0.2) is 23.2 Å². The summed E-state index contributed by atoms with van der Waals surface area (Å²) < 4.78 is 27.9. The first-order valence-electron chi connectivity index (χ1n) is 7.16. The van der Waals surface area contributed by atoms with Crippen molar-refractivity contribution in [1.82, 2.24) is 9.71 Å². The zero-order valence-corrected chi connectivity index (χ0v) is 13.7. The molecule has 7 heteroatoms. The lowest BCUT2D eigenvalue weighted by molar-refractivity contribution is 0.198. The van der Waals surface area contributed by atoms with E-state index in [2.05, 4.69) is 9.71 Å². The van der Waals surface area contributed by atoms with Crippen molar-refractivity contribution in [3.05, 3.63) is 34.6 Å². The Kier molecular flexibility index (Phi) is 4.11. The fourth-order valence-electron chi connectivity index (χ4n) is 2.90. The van der Waals surface area contributed by atoms with E-state index in [0.29, 0.717) is 5.39 Å². The smallest absolute Gasteiger partial charge is 0.241 e. The average Bonchev–Trinajstić information content (AvgIpc) is 2.90. The van der Waals surface area contributed by atoms with Gasteiger partial charge in [0.1, 0.15) is 5.15 Å². The number of pyridine rings is 1. The lowest BCUT2D eigenvalue weighted by Crippen LogP contribution is -2.31. The van der Waals surface area contributed by atoms with Gasteiger partial charge in [-0.25, -0.2) is 18.1 Å². The molecular weight excluding hydrogens is 324 g/mol. The van der Waals surface area contributed by atoms with Gasteiger partial charge in [-0.05, 0) is 49.4 Å². The highest BCUT2D eigenvalue weighted by atomic mass is 35.5. The molecule has 118 valence electrons. The lowest BCUT2D eigenvalue weighted by atomic mass is 10.0. The third kappa shape index (κ3) is 2.84. The van der Waals surface area contributed by atoms with E-state index in [1.165, 1.54) is 6.92 Å². The minimum Gasteiger partial charge on any atom is -0.392 e. The molecule has 1 heterocycles. The van der Waals surface area contributed by atoms with Crippen molar-refractivity contribution in [2.45, 2.75) is 37.2 Å². The Balaban J connectivity index is 2.24. The predicted molar refractivity (Wildman–Crippen MR) is 85.6 cm³/mol. The molecule has 0 spiro atoms. The molecule has 1 unspecified atom stereocenters. The first kappa shape index (κ1) is 15.7. The number of nitrogens with zero attached hydrogens (tertiary/aromatic N) is 1. The summed E-state index contributed by atoms with van der Waals surface area (Å²) in [6.45, 7) is 1.52. The molecule has 0 radical (unpaired) electrons. The van der Waals surface area contributed by atoms with Gasteiger partial charge in [-0.1, -0.05) is 11.6 Å². The lowest BCUT2D eigenvalue weighted by Gasteiger charge is -2.15. The number of nitrogens with one attached hydrogen (secondary N) is 1. The normalized spacial score (nSPS) is 16.0. The van der Waals surface area contributed by atoms with E-state index in [4.69, 9.17) is 11.6 Å². The zero-order valence-electron chi connectivity index (χ0n) is 12.1. The first-order valence-corrected chi connectivity index (χ1v) is 9.02. The van der Waals surface area contributed by atoms with Crippen LogP contribution in [0.4, 0.5) is 0 Å². The van der Waals surface area contributed by atoms with Gasteiger partial charge >= 0.3 is 0 Å². The molecule has 0 bridgehead atoms. The second kappa shape index (κ2) is 5.77. The maximum atomic E-state index is 12.7. The summed E-state index contributed by atoms with van der Waals surface area (Å²) in [7, 11) is -3.72. The van der Waals surface area contributed by atoms with Gasteiger partial charge in [-0.15, -0.1) is 0 Å². The van der Waals surface area contributed by atoms with Gasteiger partial charge < -0.3 is 5.11 Å². The van der Waals surface area contributed by atoms with E-state index in [0.717, 1.165) is 35.8 Å². The summed E-state index contributed by atoms with van der Waals surface area (Å²) >= 11 is 5.95. The van der Waals surface area contributed by atoms with Crippen molar-refractivity contribution >= 4 is 32.4 Å². The van der Waals surface area contributed by atoms with Crippen LogP contribution < -0.4 is 4.72 Å². The van der Waals surface area contributed by atoms with Crippen LogP contribution in [0.3, 0.4) is 0 Å². The molecule has 1 aliphatic carbocycles. The molecule has 0 amide bonds. The Morgan fingerprint density at radius 2 is 2.18 bits per heavy atom. The summed E-state index contributed by atoms with van der Waals surface area (Å²) in [6, 6.07) is 3.58. The molecule has 22 heavy (non-hydrogen) atoms. The number of hydrogen-bond donors (Lipinski definition) is 2. The molecule has 1 aromatic heterocycles. The van der Waals surface area contributed by atoms with Crippen LogP contribution in [-0.2, 0) is 22.9 Å². The number of sulfonamides is 1. The Morgan fingerprint density at radius 1 is 1.41 bits per heavy atom. The van der Waals surface area contributed by atoms with Crippen molar-refractivity contribution in [3.8, 4) is 0 Å². The maximum Gasteiger partial charge on any atom is 0.241 e. The summed E-state index contributed by atoms with van der Waals surface area (Å²) in [5.41, 5.74) is 1.90. The highest BCUT2D eigenvalue weighted by Crippen LogP contribution is 2.35. The van der Waals surface area contributed by atoms with Gasteiger partial charge in [0, 0.05) is 23.5 Å². The second-order valence-electron chi connectivity index (χ2n) is 5.63. The number of halogens is 1. The van der Waals surface area contributed by atoms with Gasteiger partial charge in [0.05, 0.1) is 11.0 Å².